The largest absolute Gasteiger partial charge is 0.257 e. The topological polar surface area (TPSA) is 12.4 Å². The number of para-hydroxylation sites is 1. The number of hydrogen-bond acceptors (Lipinski definition) is 1. The zero-order chi connectivity index (χ0) is 14.0. The van der Waals surface area contributed by atoms with Crippen molar-refractivity contribution in [2.24, 2.45) is 4.99 Å². The molecule has 0 aromatic heterocycles. The molecule has 1 aliphatic rings. The average Bonchev–Trinajstić information content (AvgIpc) is 2.72. The molecule has 0 bridgehead atoms. The summed E-state index contributed by atoms with van der Waals surface area (Å²) >= 11 is 0. The maximum atomic E-state index is 4.71. The van der Waals surface area contributed by atoms with Gasteiger partial charge in [-0.3, -0.25) is 4.99 Å². The van der Waals surface area contributed by atoms with E-state index in [4.69, 9.17) is 4.99 Å². The van der Waals surface area contributed by atoms with Crippen molar-refractivity contribution in [3.63, 3.8) is 0 Å². The minimum Gasteiger partial charge on any atom is -0.257 e. The molecule has 3 rings (SSSR count). The van der Waals surface area contributed by atoms with Crippen molar-refractivity contribution in [2.45, 2.75) is 25.7 Å². The van der Waals surface area contributed by atoms with E-state index in [1.54, 1.807) is 0 Å². The molecule has 0 N–H and O–H groups in total. The Morgan fingerprint density at radius 1 is 1.00 bits per heavy atom. The zero-order valence-electron chi connectivity index (χ0n) is 12.0. The SMILES string of the molecule is CC1=Nc2ccccc2[C@]1(C)C/C=C/c1ccccc1. The van der Waals surface area contributed by atoms with E-state index in [9.17, 15) is 0 Å². The summed E-state index contributed by atoms with van der Waals surface area (Å²) < 4.78 is 0. The fraction of sp³-hybridized carbons (Fsp3) is 0.211. The van der Waals surface area contributed by atoms with Crippen molar-refractivity contribution in [1.29, 1.82) is 0 Å². The van der Waals surface area contributed by atoms with Crippen LogP contribution in [-0.4, -0.2) is 5.71 Å². The maximum absolute atomic E-state index is 4.71. The highest BCUT2D eigenvalue weighted by molar-refractivity contribution is 6.00. The summed E-state index contributed by atoms with van der Waals surface area (Å²) in [5.74, 6) is 0. The molecule has 1 heterocycles. The first-order valence-corrected chi connectivity index (χ1v) is 7.07. The summed E-state index contributed by atoms with van der Waals surface area (Å²) in [5.41, 5.74) is 4.95. The van der Waals surface area contributed by atoms with E-state index in [0.717, 1.165) is 12.1 Å². The molecule has 0 aliphatic carbocycles. The predicted octanol–water partition coefficient (Wildman–Crippen LogP) is 5.15. The third-order valence-electron chi connectivity index (χ3n) is 4.22. The summed E-state index contributed by atoms with van der Waals surface area (Å²) in [7, 11) is 0. The van der Waals surface area contributed by atoms with Gasteiger partial charge >= 0.3 is 0 Å². The second-order valence-corrected chi connectivity index (χ2v) is 5.56. The lowest BCUT2D eigenvalue weighted by molar-refractivity contribution is 0.662. The van der Waals surface area contributed by atoms with E-state index in [1.165, 1.54) is 16.8 Å². The molecule has 1 atom stereocenters. The fourth-order valence-electron chi connectivity index (χ4n) is 2.79. The fourth-order valence-corrected chi connectivity index (χ4v) is 2.79. The van der Waals surface area contributed by atoms with Crippen LogP contribution in [0.4, 0.5) is 5.69 Å². The van der Waals surface area contributed by atoms with Gasteiger partial charge in [0.25, 0.3) is 0 Å². The van der Waals surface area contributed by atoms with Crippen molar-refractivity contribution >= 4 is 17.5 Å². The lowest BCUT2D eigenvalue weighted by Crippen LogP contribution is -2.26. The number of allylic oxidation sites excluding steroid dienone is 1. The normalized spacial score (nSPS) is 21.0. The second kappa shape index (κ2) is 5.09. The van der Waals surface area contributed by atoms with E-state index >= 15 is 0 Å². The molecular formula is C19H19N. The maximum Gasteiger partial charge on any atom is 0.0670 e. The van der Waals surface area contributed by atoms with Crippen LogP contribution in [0.15, 0.2) is 65.7 Å². The number of fused-ring (bicyclic) bond motifs is 1. The summed E-state index contributed by atoms with van der Waals surface area (Å²) in [5, 5.41) is 0. The van der Waals surface area contributed by atoms with Crippen LogP contribution < -0.4 is 0 Å². The number of aliphatic imine (C=N–C) groups is 1. The van der Waals surface area contributed by atoms with Crippen LogP contribution in [0.1, 0.15) is 31.4 Å². The zero-order valence-corrected chi connectivity index (χ0v) is 12.0. The van der Waals surface area contributed by atoms with E-state index < -0.39 is 0 Å². The monoisotopic (exact) mass is 261 g/mol. The van der Waals surface area contributed by atoms with Gasteiger partial charge in [0.2, 0.25) is 0 Å². The minimum atomic E-state index is 0.0296. The van der Waals surface area contributed by atoms with E-state index in [1.807, 2.05) is 6.07 Å². The molecule has 100 valence electrons. The van der Waals surface area contributed by atoms with Gasteiger partial charge < -0.3 is 0 Å². The Labute approximate surface area is 120 Å². The second-order valence-electron chi connectivity index (χ2n) is 5.56. The first kappa shape index (κ1) is 12.9. The van der Waals surface area contributed by atoms with Gasteiger partial charge in [0.1, 0.15) is 0 Å². The molecule has 1 aliphatic heterocycles. The standard InChI is InChI=1S/C19H19N/c1-15-19(2,17-12-6-7-13-18(17)20-15)14-8-11-16-9-4-3-5-10-16/h3-13H,14H2,1-2H3/b11-8+/t19-/m1/s1. The molecule has 0 fully saturated rings. The van der Waals surface area contributed by atoms with E-state index in [-0.39, 0.29) is 5.41 Å². The van der Waals surface area contributed by atoms with Crippen LogP contribution >= 0.6 is 0 Å². The lowest BCUT2D eigenvalue weighted by atomic mass is 9.77. The van der Waals surface area contributed by atoms with Gasteiger partial charge in [-0.05, 0) is 37.5 Å². The van der Waals surface area contributed by atoms with Gasteiger partial charge in [-0.25, -0.2) is 0 Å². The molecule has 20 heavy (non-hydrogen) atoms. The predicted molar refractivity (Wildman–Crippen MR) is 86.7 cm³/mol. The minimum absolute atomic E-state index is 0.0296. The molecular weight excluding hydrogens is 242 g/mol. The van der Waals surface area contributed by atoms with Gasteiger partial charge in [0.05, 0.1) is 5.69 Å². The van der Waals surface area contributed by atoms with Gasteiger partial charge in [-0.15, -0.1) is 0 Å². The van der Waals surface area contributed by atoms with Crippen LogP contribution in [0.25, 0.3) is 6.08 Å². The van der Waals surface area contributed by atoms with Gasteiger partial charge in [0, 0.05) is 11.1 Å². The summed E-state index contributed by atoms with van der Waals surface area (Å²) in [6.07, 6.45) is 5.43. The number of rotatable bonds is 3. The van der Waals surface area contributed by atoms with Crippen molar-refractivity contribution in [3.05, 3.63) is 71.8 Å². The smallest absolute Gasteiger partial charge is 0.0670 e. The highest BCUT2D eigenvalue weighted by atomic mass is 14.8. The van der Waals surface area contributed by atoms with E-state index in [2.05, 4.69) is 74.5 Å². The van der Waals surface area contributed by atoms with Crippen LogP contribution in [0, 0.1) is 0 Å². The Morgan fingerprint density at radius 2 is 1.70 bits per heavy atom. The summed E-state index contributed by atoms with van der Waals surface area (Å²) in [6.45, 7) is 4.42. The van der Waals surface area contributed by atoms with Crippen molar-refractivity contribution in [1.82, 2.24) is 0 Å². The van der Waals surface area contributed by atoms with Gasteiger partial charge in [0.15, 0.2) is 0 Å². The Hall–Kier alpha value is -2.15. The van der Waals surface area contributed by atoms with Crippen molar-refractivity contribution < 1.29 is 0 Å². The van der Waals surface area contributed by atoms with Crippen LogP contribution in [0.5, 0.6) is 0 Å². The molecule has 0 amide bonds. The molecule has 0 saturated carbocycles. The lowest BCUT2D eigenvalue weighted by Gasteiger charge is -2.24. The highest BCUT2D eigenvalue weighted by Crippen LogP contribution is 2.42. The van der Waals surface area contributed by atoms with E-state index in [0.29, 0.717) is 0 Å². The molecule has 0 saturated heterocycles. The van der Waals surface area contributed by atoms with Gasteiger partial charge in [-0.1, -0.05) is 60.7 Å². The average molecular weight is 261 g/mol. The summed E-state index contributed by atoms with van der Waals surface area (Å²) in [6, 6.07) is 18.9. The Morgan fingerprint density at radius 3 is 2.50 bits per heavy atom. The van der Waals surface area contributed by atoms with Gasteiger partial charge in [-0.2, -0.15) is 0 Å². The summed E-state index contributed by atoms with van der Waals surface area (Å²) in [4.78, 5) is 4.71. The number of benzene rings is 2. The van der Waals surface area contributed by atoms with Crippen LogP contribution in [0.2, 0.25) is 0 Å². The Bertz CT molecular complexity index is 667. The Kier molecular flexibility index (Phi) is 3.27. The molecule has 1 nitrogen and oxygen atoms in total. The molecule has 2 aromatic rings. The quantitative estimate of drug-likeness (QED) is 0.724. The van der Waals surface area contributed by atoms with Crippen molar-refractivity contribution in [3.8, 4) is 0 Å². The number of hydrogen-bond donors (Lipinski definition) is 0. The molecule has 0 radical (unpaired) electrons. The molecule has 1 heteroatoms. The third-order valence-corrected chi connectivity index (χ3v) is 4.22. The first-order valence-electron chi connectivity index (χ1n) is 7.07. The number of nitrogens with zero attached hydrogens (tertiary/aromatic N) is 1. The Balaban J connectivity index is 1.84. The molecule has 2 aromatic carbocycles. The molecule has 0 unspecified atom stereocenters. The van der Waals surface area contributed by atoms with Crippen LogP contribution in [0.3, 0.4) is 0 Å². The van der Waals surface area contributed by atoms with Crippen LogP contribution in [-0.2, 0) is 5.41 Å². The third kappa shape index (κ3) is 2.20. The highest BCUT2D eigenvalue weighted by Gasteiger charge is 2.35. The molecule has 0 spiro atoms. The van der Waals surface area contributed by atoms with Crippen molar-refractivity contribution in [2.75, 3.05) is 0 Å². The first-order chi connectivity index (χ1) is 9.70.